The molecule has 0 aliphatic rings. The van der Waals surface area contributed by atoms with Gasteiger partial charge in [0.15, 0.2) is 0 Å². The average Bonchev–Trinajstić information content (AvgIpc) is 2.73. The Bertz CT molecular complexity index is 1040. The van der Waals surface area contributed by atoms with Gasteiger partial charge in [-0.05, 0) is 36.4 Å². The third-order valence-electron chi connectivity index (χ3n) is 4.15. The van der Waals surface area contributed by atoms with Crippen molar-refractivity contribution in [3.8, 4) is 11.5 Å². The van der Waals surface area contributed by atoms with Crippen molar-refractivity contribution >= 4 is 27.2 Å². The minimum atomic E-state index is -3.88. The first-order chi connectivity index (χ1) is 13.4. The van der Waals surface area contributed by atoms with Crippen molar-refractivity contribution in [2.45, 2.75) is 4.90 Å². The Labute approximate surface area is 164 Å². The third-order valence-corrected chi connectivity index (χ3v) is 5.55. The predicted molar refractivity (Wildman–Crippen MR) is 109 cm³/mol. The Balaban J connectivity index is 1.84. The lowest BCUT2D eigenvalue weighted by molar-refractivity contribution is 0.392. The summed E-state index contributed by atoms with van der Waals surface area (Å²) in [4.78, 5) is 6.24. The lowest BCUT2D eigenvalue weighted by atomic mass is 10.3. The van der Waals surface area contributed by atoms with E-state index < -0.39 is 10.0 Å². The Morgan fingerprint density at radius 3 is 2.32 bits per heavy atom. The van der Waals surface area contributed by atoms with Crippen LogP contribution < -0.4 is 19.1 Å². The van der Waals surface area contributed by atoms with Crippen LogP contribution in [-0.4, -0.2) is 34.7 Å². The highest BCUT2D eigenvalue weighted by Gasteiger charge is 2.21. The van der Waals surface area contributed by atoms with Gasteiger partial charge in [0.25, 0.3) is 10.0 Å². The van der Waals surface area contributed by atoms with Crippen molar-refractivity contribution in [1.82, 2.24) is 4.98 Å². The maximum absolute atomic E-state index is 12.8. The van der Waals surface area contributed by atoms with E-state index in [-0.39, 0.29) is 10.6 Å². The number of nitrogens with one attached hydrogen (secondary N) is 1. The van der Waals surface area contributed by atoms with E-state index >= 15 is 0 Å². The molecule has 3 rings (SSSR count). The minimum absolute atomic E-state index is 0.0140. The molecule has 1 aromatic heterocycles. The normalized spacial score (nSPS) is 11.0. The van der Waals surface area contributed by atoms with E-state index in [4.69, 9.17) is 9.47 Å². The SMILES string of the molecule is COc1ccc(OC)c(S(=O)(=O)Nc2ccc(N(C)c3ccccc3)nc2)c1. The van der Waals surface area contributed by atoms with Gasteiger partial charge < -0.3 is 14.4 Å². The van der Waals surface area contributed by atoms with E-state index in [1.54, 1.807) is 24.3 Å². The highest BCUT2D eigenvalue weighted by molar-refractivity contribution is 7.92. The van der Waals surface area contributed by atoms with E-state index in [9.17, 15) is 8.42 Å². The molecule has 0 saturated carbocycles. The first-order valence-electron chi connectivity index (χ1n) is 8.44. The van der Waals surface area contributed by atoms with Gasteiger partial charge in [-0.15, -0.1) is 0 Å². The first kappa shape index (κ1) is 19.5. The second-order valence-electron chi connectivity index (χ2n) is 5.92. The Kier molecular flexibility index (Phi) is 5.70. The highest BCUT2D eigenvalue weighted by atomic mass is 32.2. The van der Waals surface area contributed by atoms with Crippen molar-refractivity contribution in [2.24, 2.45) is 0 Å². The lowest BCUT2D eigenvalue weighted by Gasteiger charge is -2.18. The molecule has 0 aliphatic heterocycles. The molecular weight excluding hydrogens is 378 g/mol. The van der Waals surface area contributed by atoms with Gasteiger partial charge in [0.2, 0.25) is 0 Å². The number of anilines is 3. The number of hydrogen-bond acceptors (Lipinski definition) is 6. The number of sulfonamides is 1. The van der Waals surface area contributed by atoms with Crippen molar-refractivity contribution in [2.75, 3.05) is 30.9 Å². The Morgan fingerprint density at radius 1 is 0.964 bits per heavy atom. The standard InChI is InChI=1S/C20H21N3O4S/c1-23(16-7-5-4-6-8-16)20-12-9-15(14-21-20)22-28(24,25)19-13-17(26-2)10-11-18(19)27-3/h4-14,22H,1-3H3. The van der Waals surface area contributed by atoms with Crippen molar-refractivity contribution < 1.29 is 17.9 Å². The summed E-state index contributed by atoms with van der Waals surface area (Å²) in [5, 5.41) is 0. The van der Waals surface area contributed by atoms with Crippen molar-refractivity contribution in [1.29, 1.82) is 0 Å². The smallest absolute Gasteiger partial charge is 0.265 e. The molecule has 7 nitrogen and oxygen atoms in total. The van der Waals surface area contributed by atoms with Crippen LogP contribution in [0.25, 0.3) is 0 Å². The number of hydrogen-bond donors (Lipinski definition) is 1. The molecule has 1 heterocycles. The van der Waals surface area contributed by atoms with Crippen molar-refractivity contribution in [3.05, 3.63) is 66.9 Å². The molecule has 2 aromatic carbocycles. The maximum atomic E-state index is 12.8. The Hall–Kier alpha value is -3.26. The summed E-state index contributed by atoms with van der Waals surface area (Å²) in [5.41, 5.74) is 1.32. The molecule has 0 fully saturated rings. The molecule has 0 aliphatic carbocycles. The molecular formula is C20H21N3O4S. The van der Waals surface area contributed by atoms with Gasteiger partial charge in [-0.3, -0.25) is 4.72 Å². The van der Waals surface area contributed by atoms with Gasteiger partial charge in [0.1, 0.15) is 22.2 Å². The first-order valence-corrected chi connectivity index (χ1v) is 9.92. The quantitative estimate of drug-likeness (QED) is 0.653. The Morgan fingerprint density at radius 2 is 1.71 bits per heavy atom. The summed E-state index contributed by atoms with van der Waals surface area (Å²) in [6.07, 6.45) is 1.47. The summed E-state index contributed by atoms with van der Waals surface area (Å²) in [6, 6.07) is 17.7. The monoisotopic (exact) mass is 399 g/mol. The van der Waals surface area contributed by atoms with Crippen LogP contribution in [0.5, 0.6) is 11.5 Å². The molecule has 0 radical (unpaired) electrons. The lowest BCUT2D eigenvalue weighted by Crippen LogP contribution is -2.15. The fraction of sp³-hybridized carbons (Fsp3) is 0.150. The fourth-order valence-electron chi connectivity index (χ4n) is 2.63. The third kappa shape index (κ3) is 4.17. The van der Waals surface area contributed by atoms with Gasteiger partial charge in [0, 0.05) is 18.8 Å². The van der Waals surface area contributed by atoms with Crippen LogP contribution >= 0.6 is 0 Å². The van der Waals surface area contributed by atoms with Crippen LogP contribution in [0.1, 0.15) is 0 Å². The van der Waals surface area contributed by atoms with Crippen LogP contribution in [0.4, 0.5) is 17.2 Å². The number of benzene rings is 2. The van der Waals surface area contributed by atoms with E-state index in [2.05, 4.69) is 9.71 Å². The molecule has 0 bridgehead atoms. The molecule has 3 aromatic rings. The summed E-state index contributed by atoms with van der Waals surface area (Å²) >= 11 is 0. The zero-order chi connectivity index (χ0) is 20.1. The van der Waals surface area contributed by atoms with E-state index in [1.165, 1.54) is 26.5 Å². The second-order valence-corrected chi connectivity index (χ2v) is 7.57. The molecule has 0 amide bonds. The van der Waals surface area contributed by atoms with Gasteiger partial charge in [-0.25, -0.2) is 13.4 Å². The largest absolute Gasteiger partial charge is 0.497 e. The fourth-order valence-corrected chi connectivity index (χ4v) is 3.86. The number of para-hydroxylation sites is 1. The van der Waals surface area contributed by atoms with E-state index in [0.29, 0.717) is 17.3 Å². The molecule has 0 unspecified atom stereocenters. The van der Waals surface area contributed by atoms with E-state index in [0.717, 1.165) is 5.69 Å². The molecule has 0 saturated heterocycles. The topological polar surface area (TPSA) is 80.8 Å². The summed E-state index contributed by atoms with van der Waals surface area (Å²) in [7, 11) is 0.892. The summed E-state index contributed by atoms with van der Waals surface area (Å²) in [5.74, 6) is 1.33. The summed E-state index contributed by atoms with van der Waals surface area (Å²) in [6.45, 7) is 0. The number of pyridine rings is 1. The number of rotatable bonds is 7. The van der Waals surface area contributed by atoms with Crippen LogP contribution in [-0.2, 0) is 10.0 Å². The molecule has 28 heavy (non-hydrogen) atoms. The van der Waals surface area contributed by atoms with Gasteiger partial charge in [0.05, 0.1) is 26.1 Å². The van der Waals surface area contributed by atoms with Crippen LogP contribution in [0.2, 0.25) is 0 Å². The molecule has 8 heteroatoms. The van der Waals surface area contributed by atoms with Crippen LogP contribution in [0.3, 0.4) is 0 Å². The molecule has 0 atom stereocenters. The van der Waals surface area contributed by atoms with Crippen molar-refractivity contribution in [3.63, 3.8) is 0 Å². The number of ether oxygens (including phenoxy) is 2. The zero-order valence-corrected chi connectivity index (χ0v) is 16.6. The zero-order valence-electron chi connectivity index (χ0n) is 15.8. The number of nitrogens with zero attached hydrogens (tertiary/aromatic N) is 2. The predicted octanol–water partition coefficient (Wildman–Crippen LogP) is 3.67. The summed E-state index contributed by atoms with van der Waals surface area (Å²) < 4.78 is 38.4. The van der Waals surface area contributed by atoms with Gasteiger partial charge in [-0.1, -0.05) is 18.2 Å². The molecule has 146 valence electrons. The van der Waals surface area contributed by atoms with Gasteiger partial charge >= 0.3 is 0 Å². The van der Waals surface area contributed by atoms with Crippen LogP contribution in [0, 0.1) is 0 Å². The van der Waals surface area contributed by atoms with E-state index in [1.807, 2.05) is 42.3 Å². The van der Waals surface area contributed by atoms with Gasteiger partial charge in [-0.2, -0.15) is 0 Å². The highest BCUT2D eigenvalue weighted by Crippen LogP contribution is 2.30. The second kappa shape index (κ2) is 8.18. The van der Waals surface area contributed by atoms with Crippen LogP contribution in [0.15, 0.2) is 71.8 Å². The average molecular weight is 399 g/mol. The minimum Gasteiger partial charge on any atom is -0.497 e. The molecule has 1 N–H and O–H groups in total. The molecule has 0 spiro atoms. The number of aromatic nitrogens is 1. The maximum Gasteiger partial charge on any atom is 0.265 e. The number of methoxy groups -OCH3 is 2.